The summed E-state index contributed by atoms with van der Waals surface area (Å²) in [7, 11) is 1.47. The van der Waals surface area contributed by atoms with Crippen LogP contribution < -0.4 is 10.1 Å². The first-order valence-corrected chi connectivity index (χ1v) is 7.59. The molecule has 9 heteroatoms. The summed E-state index contributed by atoms with van der Waals surface area (Å²) in [4.78, 5) is 25.0. The normalized spacial score (nSPS) is 11.1. The molecule has 6 nitrogen and oxygen atoms in total. The van der Waals surface area contributed by atoms with E-state index in [9.17, 15) is 22.8 Å². The van der Waals surface area contributed by atoms with Crippen LogP contribution in [0.25, 0.3) is 0 Å². The van der Waals surface area contributed by atoms with Crippen LogP contribution >= 0.6 is 0 Å². The van der Waals surface area contributed by atoms with Gasteiger partial charge in [-0.15, -0.1) is 0 Å². The number of amides is 2. The molecule has 1 aromatic heterocycles. The molecule has 1 N–H and O–H groups in total. The zero-order valence-electron chi connectivity index (χ0n) is 13.9. The molecule has 0 spiro atoms. The van der Waals surface area contributed by atoms with Gasteiger partial charge >= 0.3 is 6.18 Å². The minimum absolute atomic E-state index is 0.0844. The molecule has 0 radical (unpaired) electrons. The molecular formula is C17H17F3N2O4. The predicted molar refractivity (Wildman–Crippen MR) is 85.5 cm³/mol. The van der Waals surface area contributed by atoms with E-state index in [2.05, 4.69) is 10.1 Å². The maximum absolute atomic E-state index is 12.1. The fraction of sp³-hybridized carbons (Fsp3) is 0.294. The molecule has 140 valence electrons. The molecule has 2 aromatic rings. The smallest absolute Gasteiger partial charge is 0.422 e. The lowest BCUT2D eigenvalue weighted by molar-refractivity contribution is -0.153. The lowest BCUT2D eigenvalue weighted by Gasteiger charge is -2.15. The van der Waals surface area contributed by atoms with Gasteiger partial charge in [-0.25, -0.2) is 0 Å². The molecule has 0 bridgehead atoms. The zero-order valence-corrected chi connectivity index (χ0v) is 13.9. The molecule has 1 aromatic carbocycles. The van der Waals surface area contributed by atoms with E-state index in [4.69, 9.17) is 4.42 Å². The predicted octanol–water partition coefficient (Wildman–Crippen LogP) is 2.61. The summed E-state index contributed by atoms with van der Waals surface area (Å²) >= 11 is 0. The largest absolute Gasteiger partial charge is 0.484 e. The average Bonchev–Trinajstić information content (AvgIpc) is 3.12. The van der Waals surface area contributed by atoms with Crippen LogP contribution in [-0.2, 0) is 11.3 Å². The molecule has 0 aliphatic carbocycles. The third kappa shape index (κ3) is 6.15. The summed E-state index contributed by atoms with van der Waals surface area (Å²) in [6, 6.07) is 8.94. The van der Waals surface area contributed by atoms with Gasteiger partial charge in [0.2, 0.25) is 5.91 Å². The van der Waals surface area contributed by atoms with E-state index in [1.54, 1.807) is 18.2 Å². The SMILES string of the molecule is CN(CC(=O)NCc1ccc(OCC(F)(F)F)cc1)C(=O)c1ccco1. The summed E-state index contributed by atoms with van der Waals surface area (Å²) in [6.07, 6.45) is -3.03. The summed E-state index contributed by atoms with van der Waals surface area (Å²) in [5.74, 6) is -0.586. The topological polar surface area (TPSA) is 71.8 Å². The molecule has 0 unspecified atom stereocenters. The van der Waals surface area contributed by atoms with Crippen molar-refractivity contribution in [1.82, 2.24) is 10.2 Å². The quantitative estimate of drug-likeness (QED) is 0.813. The molecule has 1 heterocycles. The molecule has 0 saturated carbocycles. The first kappa shape index (κ1) is 19.4. The van der Waals surface area contributed by atoms with Crippen molar-refractivity contribution in [3.05, 3.63) is 54.0 Å². The molecule has 0 saturated heterocycles. The molecule has 26 heavy (non-hydrogen) atoms. The van der Waals surface area contributed by atoms with Gasteiger partial charge in [0, 0.05) is 13.6 Å². The maximum atomic E-state index is 12.1. The highest BCUT2D eigenvalue weighted by Crippen LogP contribution is 2.18. The van der Waals surface area contributed by atoms with Gasteiger partial charge in [-0.05, 0) is 29.8 Å². The first-order valence-electron chi connectivity index (χ1n) is 7.59. The maximum Gasteiger partial charge on any atom is 0.422 e. The Morgan fingerprint density at radius 3 is 2.46 bits per heavy atom. The first-order chi connectivity index (χ1) is 12.2. The Bertz CT molecular complexity index is 727. The lowest BCUT2D eigenvalue weighted by atomic mass is 10.2. The van der Waals surface area contributed by atoms with Crippen LogP contribution in [0.4, 0.5) is 13.2 Å². The van der Waals surface area contributed by atoms with E-state index in [1.807, 2.05) is 0 Å². The summed E-state index contributed by atoms with van der Waals surface area (Å²) in [5, 5.41) is 2.62. The Balaban J connectivity index is 1.77. The van der Waals surface area contributed by atoms with Crippen LogP contribution in [0.5, 0.6) is 5.75 Å². The number of nitrogens with zero attached hydrogens (tertiary/aromatic N) is 1. The van der Waals surface area contributed by atoms with Gasteiger partial charge < -0.3 is 19.4 Å². The van der Waals surface area contributed by atoms with E-state index in [-0.39, 0.29) is 30.5 Å². The Morgan fingerprint density at radius 1 is 1.19 bits per heavy atom. The van der Waals surface area contributed by atoms with Crippen LogP contribution in [0, 0.1) is 0 Å². The molecule has 0 fully saturated rings. The van der Waals surface area contributed by atoms with Crippen molar-refractivity contribution in [2.45, 2.75) is 12.7 Å². The molecule has 0 atom stereocenters. The van der Waals surface area contributed by atoms with E-state index in [0.29, 0.717) is 5.56 Å². The second-order valence-corrected chi connectivity index (χ2v) is 5.46. The van der Waals surface area contributed by atoms with Gasteiger partial charge in [0.15, 0.2) is 12.4 Å². The number of hydrogen-bond acceptors (Lipinski definition) is 4. The highest BCUT2D eigenvalue weighted by atomic mass is 19.4. The molecule has 2 amide bonds. The van der Waals surface area contributed by atoms with Gasteiger partial charge in [-0.2, -0.15) is 13.2 Å². The van der Waals surface area contributed by atoms with Crippen molar-refractivity contribution in [2.24, 2.45) is 0 Å². The molecular weight excluding hydrogens is 353 g/mol. The lowest BCUT2D eigenvalue weighted by Crippen LogP contribution is -2.38. The van der Waals surface area contributed by atoms with Crippen molar-refractivity contribution < 1.29 is 31.9 Å². The van der Waals surface area contributed by atoms with Crippen molar-refractivity contribution in [3.63, 3.8) is 0 Å². The van der Waals surface area contributed by atoms with Gasteiger partial charge in [0.1, 0.15) is 5.75 Å². The molecule has 2 rings (SSSR count). The third-order valence-electron chi connectivity index (χ3n) is 3.27. The Morgan fingerprint density at radius 2 is 1.88 bits per heavy atom. The minimum atomic E-state index is -4.40. The average molecular weight is 370 g/mol. The fourth-order valence-corrected chi connectivity index (χ4v) is 2.00. The Labute approximate surface area is 147 Å². The molecule has 0 aliphatic heterocycles. The van der Waals surface area contributed by atoms with Crippen LogP contribution in [-0.4, -0.2) is 43.1 Å². The van der Waals surface area contributed by atoms with Crippen molar-refractivity contribution in [1.29, 1.82) is 0 Å². The van der Waals surface area contributed by atoms with E-state index >= 15 is 0 Å². The van der Waals surface area contributed by atoms with E-state index in [1.165, 1.54) is 36.4 Å². The number of benzene rings is 1. The fourth-order valence-electron chi connectivity index (χ4n) is 2.00. The number of ether oxygens (including phenoxy) is 1. The highest BCUT2D eigenvalue weighted by molar-refractivity contribution is 5.94. The van der Waals surface area contributed by atoms with Crippen LogP contribution in [0.2, 0.25) is 0 Å². The molecule has 0 aliphatic rings. The van der Waals surface area contributed by atoms with Crippen LogP contribution in [0.15, 0.2) is 47.1 Å². The van der Waals surface area contributed by atoms with Crippen molar-refractivity contribution >= 4 is 11.8 Å². The van der Waals surface area contributed by atoms with Crippen molar-refractivity contribution in [2.75, 3.05) is 20.2 Å². The van der Waals surface area contributed by atoms with Gasteiger partial charge in [-0.3, -0.25) is 9.59 Å². The van der Waals surface area contributed by atoms with Crippen molar-refractivity contribution in [3.8, 4) is 5.75 Å². The second-order valence-electron chi connectivity index (χ2n) is 5.46. The third-order valence-corrected chi connectivity index (χ3v) is 3.27. The summed E-state index contributed by atoms with van der Waals surface area (Å²) < 4.78 is 45.8. The van der Waals surface area contributed by atoms with Crippen LogP contribution in [0.3, 0.4) is 0 Å². The standard InChI is InChI=1S/C17H17F3N2O4/c1-22(16(24)14-3-2-8-25-14)10-15(23)21-9-12-4-6-13(7-5-12)26-11-17(18,19)20/h2-8H,9-11H2,1H3,(H,21,23). The second kappa shape index (κ2) is 8.41. The zero-order chi connectivity index (χ0) is 19.2. The number of carbonyl (C=O) groups excluding carboxylic acids is 2. The summed E-state index contributed by atoms with van der Waals surface area (Å²) in [5.41, 5.74) is 0.678. The number of hydrogen-bond donors (Lipinski definition) is 1. The number of halogens is 3. The number of rotatable bonds is 7. The number of nitrogens with one attached hydrogen (secondary N) is 1. The highest BCUT2D eigenvalue weighted by Gasteiger charge is 2.28. The minimum Gasteiger partial charge on any atom is -0.484 e. The number of carbonyl (C=O) groups is 2. The number of likely N-dealkylation sites (N-methyl/N-ethyl adjacent to an activating group) is 1. The Kier molecular flexibility index (Phi) is 6.26. The van der Waals surface area contributed by atoms with Gasteiger partial charge in [-0.1, -0.05) is 12.1 Å². The van der Waals surface area contributed by atoms with Gasteiger partial charge in [0.05, 0.1) is 12.8 Å². The number of furan rings is 1. The van der Waals surface area contributed by atoms with Gasteiger partial charge in [0.25, 0.3) is 5.91 Å². The monoisotopic (exact) mass is 370 g/mol. The number of alkyl halides is 3. The van der Waals surface area contributed by atoms with Crippen LogP contribution in [0.1, 0.15) is 16.1 Å². The van der Waals surface area contributed by atoms with E-state index in [0.717, 1.165) is 0 Å². The Hall–Kier alpha value is -2.97. The van der Waals surface area contributed by atoms with E-state index < -0.39 is 18.7 Å². The summed E-state index contributed by atoms with van der Waals surface area (Å²) in [6.45, 7) is -1.35.